The first-order valence-corrected chi connectivity index (χ1v) is 7.57. The number of oxime groups is 1. The van der Waals surface area contributed by atoms with Gasteiger partial charge in [-0.25, -0.2) is 0 Å². The molecule has 4 nitrogen and oxygen atoms in total. The van der Waals surface area contributed by atoms with Crippen molar-refractivity contribution in [2.45, 2.75) is 45.8 Å². The van der Waals surface area contributed by atoms with E-state index >= 15 is 0 Å². The molecular formula is C17H22N2O2. The van der Waals surface area contributed by atoms with E-state index in [0.29, 0.717) is 5.56 Å². The zero-order valence-electron chi connectivity index (χ0n) is 12.8. The summed E-state index contributed by atoms with van der Waals surface area (Å²) in [4.78, 5) is 17.9. The summed E-state index contributed by atoms with van der Waals surface area (Å²) in [5.41, 5.74) is 1.75. The Kier molecular flexibility index (Phi) is 3.47. The first-order chi connectivity index (χ1) is 9.97. The SMILES string of the molecule is CC(C)(C)C1=NO[C@H]2CC[C@H](NC(=O)c3ccccc3)[C@@H]12. The van der Waals surface area contributed by atoms with Crippen LogP contribution in [0.3, 0.4) is 0 Å². The average molecular weight is 286 g/mol. The molecule has 0 aromatic heterocycles. The standard InChI is InChI=1S/C17H22N2O2/c1-17(2,3)15-14-12(9-10-13(14)21-19-15)18-16(20)11-7-5-4-6-8-11/h4-8,12-14H,9-10H2,1-3H3,(H,18,20)/t12-,13-,14+/m0/s1. The molecule has 1 fully saturated rings. The summed E-state index contributed by atoms with van der Waals surface area (Å²) >= 11 is 0. The van der Waals surface area contributed by atoms with Crippen LogP contribution in [0.5, 0.6) is 0 Å². The maximum absolute atomic E-state index is 12.4. The molecule has 2 aliphatic rings. The summed E-state index contributed by atoms with van der Waals surface area (Å²) in [5.74, 6) is 0.194. The molecule has 0 radical (unpaired) electrons. The van der Waals surface area contributed by atoms with Gasteiger partial charge in [-0.05, 0) is 25.0 Å². The molecule has 0 spiro atoms. The van der Waals surface area contributed by atoms with Crippen LogP contribution in [-0.2, 0) is 4.84 Å². The first kappa shape index (κ1) is 14.1. The molecule has 1 aliphatic heterocycles. The fourth-order valence-corrected chi connectivity index (χ4v) is 3.27. The van der Waals surface area contributed by atoms with Gasteiger partial charge in [0.25, 0.3) is 5.91 Å². The van der Waals surface area contributed by atoms with Gasteiger partial charge >= 0.3 is 0 Å². The van der Waals surface area contributed by atoms with Crippen molar-refractivity contribution in [3.05, 3.63) is 35.9 Å². The summed E-state index contributed by atoms with van der Waals surface area (Å²) in [6.45, 7) is 6.43. The van der Waals surface area contributed by atoms with Gasteiger partial charge in [0.15, 0.2) is 0 Å². The lowest BCUT2D eigenvalue weighted by atomic mass is 9.79. The summed E-state index contributed by atoms with van der Waals surface area (Å²) in [5, 5.41) is 7.46. The van der Waals surface area contributed by atoms with Crippen molar-refractivity contribution in [2.75, 3.05) is 0 Å². The van der Waals surface area contributed by atoms with Crippen LogP contribution in [0.25, 0.3) is 0 Å². The smallest absolute Gasteiger partial charge is 0.251 e. The number of benzene rings is 1. The maximum Gasteiger partial charge on any atom is 0.251 e. The van der Waals surface area contributed by atoms with Crippen molar-refractivity contribution < 1.29 is 9.63 Å². The third-order valence-electron chi connectivity index (χ3n) is 4.32. The summed E-state index contributed by atoms with van der Waals surface area (Å²) < 4.78 is 0. The third kappa shape index (κ3) is 2.67. The van der Waals surface area contributed by atoms with Crippen molar-refractivity contribution in [1.82, 2.24) is 5.32 Å². The zero-order chi connectivity index (χ0) is 15.0. The van der Waals surface area contributed by atoms with E-state index in [9.17, 15) is 4.79 Å². The van der Waals surface area contributed by atoms with E-state index in [1.165, 1.54) is 0 Å². The highest BCUT2D eigenvalue weighted by Crippen LogP contribution is 2.40. The van der Waals surface area contributed by atoms with E-state index in [1.807, 2.05) is 30.3 Å². The van der Waals surface area contributed by atoms with Gasteiger partial charge in [0, 0.05) is 17.0 Å². The van der Waals surface area contributed by atoms with E-state index in [2.05, 4.69) is 31.2 Å². The van der Waals surface area contributed by atoms with Gasteiger partial charge < -0.3 is 10.2 Å². The highest BCUT2D eigenvalue weighted by atomic mass is 16.6. The third-order valence-corrected chi connectivity index (χ3v) is 4.32. The van der Waals surface area contributed by atoms with E-state index < -0.39 is 0 Å². The largest absolute Gasteiger partial charge is 0.392 e. The lowest BCUT2D eigenvalue weighted by molar-refractivity contribution is 0.0713. The fourth-order valence-electron chi connectivity index (χ4n) is 3.27. The predicted octanol–water partition coefficient (Wildman–Crippen LogP) is 3.00. The van der Waals surface area contributed by atoms with Crippen LogP contribution in [0.15, 0.2) is 35.5 Å². The molecule has 1 aromatic carbocycles. The van der Waals surface area contributed by atoms with Crippen molar-refractivity contribution >= 4 is 11.6 Å². The van der Waals surface area contributed by atoms with Gasteiger partial charge in [-0.3, -0.25) is 4.79 Å². The Hall–Kier alpha value is -1.84. The molecule has 0 saturated heterocycles. The summed E-state index contributed by atoms with van der Waals surface area (Å²) in [7, 11) is 0. The Labute approximate surface area is 125 Å². The number of fused-ring (bicyclic) bond motifs is 1. The maximum atomic E-state index is 12.4. The minimum absolute atomic E-state index is 0.0126. The number of carbonyl (C=O) groups excluding carboxylic acids is 1. The van der Waals surface area contributed by atoms with Crippen molar-refractivity contribution in [3.63, 3.8) is 0 Å². The second-order valence-corrected chi connectivity index (χ2v) is 6.92. The predicted molar refractivity (Wildman–Crippen MR) is 82.2 cm³/mol. The molecule has 1 N–H and O–H groups in total. The van der Waals surface area contributed by atoms with Crippen LogP contribution in [0.4, 0.5) is 0 Å². The Morgan fingerprint density at radius 1 is 1.24 bits per heavy atom. The van der Waals surface area contributed by atoms with Gasteiger partial charge in [-0.15, -0.1) is 0 Å². The van der Waals surface area contributed by atoms with Crippen LogP contribution >= 0.6 is 0 Å². The van der Waals surface area contributed by atoms with Crippen molar-refractivity contribution in [2.24, 2.45) is 16.5 Å². The molecule has 1 aliphatic carbocycles. The quantitative estimate of drug-likeness (QED) is 0.908. The number of hydrogen-bond acceptors (Lipinski definition) is 3. The summed E-state index contributed by atoms with van der Waals surface area (Å²) in [6.07, 6.45) is 2.02. The van der Waals surface area contributed by atoms with E-state index in [1.54, 1.807) is 0 Å². The lowest BCUT2D eigenvalue weighted by Crippen LogP contribution is -2.44. The number of rotatable bonds is 2. The van der Waals surface area contributed by atoms with Crippen LogP contribution in [-0.4, -0.2) is 23.8 Å². The number of carbonyl (C=O) groups is 1. The Morgan fingerprint density at radius 2 is 1.95 bits per heavy atom. The van der Waals surface area contributed by atoms with Gasteiger partial charge in [0.1, 0.15) is 6.10 Å². The molecule has 1 saturated carbocycles. The summed E-state index contributed by atoms with van der Waals surface area (Å²) in [6, 6.07) is 9.47. The lowest BCUT2D eigenvalue weighted by Gasteiger charge is -2.27. The van der Waals surface area contributed by atoms with E-state index in [0.717, 1.165) is 18.6 Å². The molecule has 112 valence electrons. The fraction of sp³-hybridized carbons (Fsp3) is 0.529. The highest BCUT2D eigenvalue weighted by Gasteiger charge is 2.48. The molecule has 3 rings (SSSR count). The van der Waals surface area contributed by atoms with Crippen LogP contribution < -0.4 is 5.32 Å². The van der Waals surface area contributed by atoms with Gasteiger partial charge in [0.2, 0.25) is 0 Å². The molecule has 4 heteroatoms. The number of amides is 1. The molecule has 0 bridgehead atoms. The second-order valence-electron chi connectivity index (χ2n) is 6.92. The highest BCUT2D eigenvalue weighted by molar-refractivity contribution is 5.96. The molecular weight excluding hydrogens is 264 g/mol. The first-order valence-electron chi connectivity index (χ1n) is 7.57. The monoisotopic (exact) mass is 286 g/mol. The molecule has 3 atom stereocenters. The average Bonchev–Trinajstić information content (AvgIpc) is 3.02. The van der Waals surface area contributed by atoms with Crippen LogP contribution in [0.2, 0.25) is 0 Å². The van der Waals surface area contributed by atoms with E-state index in [4.69, 9.17) is 4.84 Å². The molecule has 21 heavy (non-hydrogen) atoms. The minimum atomic E-state index is -0.0283. The molecule has 1 heterocycles. The van der Waals surface area contributed by atoms with Crippen molar-refractivity contribution in [1.29, 1.82) is 0 Å². The number of nitrogens with one attached hydrogen (secondary N) is 1. The van der Waals surface area contributed by atoms with Crippen LogP contribution in [0.1, 0.15) is 44.0 Å². The van der Waals surface area contributed by atoms with E-state index in [-0.39, 0.29) is 29.4 Å². The van der Waals surface area contributed by atoms with Crippen molar-refractivity contribution in [3.8, 4) is 0 Å². The topological polar surface area (TPSA) is 50.7 Å². The molecule has 1 amide bonds. The van der Waals surface area contributed by atoms with Gasteiger partial charge in [-0.2, -0.15) is 0 Å². The Morgan fingerprint density at radius 3 is 2.62 bits per heavy atom. The Balaban J connectivity index is 1.75. The number of hydrogen-bond donors (Lipinski definition) is 1. The second kappa shape index (κ2) is 5.17. The van der Waals surface area contributed by atoms with Gasteiger partial charge in [0.05, 0.1) is 11.6 Å². The zero-order valence-corrected chi connectivity index (χ0v) is 12.8. The molecule has 0 unspecified atom stereocenters. The Bertz CT molecular complexity index is 560. The van der Waals surface area contributed by atoms with Gasteiger partial charge in [-0.1, -0.05) is 44.1 Å². The molecule has 1 aromatic rings. The normalized spacial score (nSPS) is 27.8. The van der Waals surface area contributed by atoms with Crippen LogP contribution in [0, 0.1) is 11.3 Å². The minimum Gasteiger partial charge on any atom is -0.392 e. The number of nitrogens with zero attached hydrogens (tertiary/aromatic N) is 1.